The SMILES string of the molecule is C=Cc1ccc2c(c1-c1ccc(O)cc1OC)C(=O)C(I)=CC2=O. The summed E-state index contributed by atoms with van der Waals surface area (Å²) < 4.78 is 5.72. The molecule has 0 heterocycles. The Hall–Kier alpha value is -2.41. The molecule has 0 saturated heterocycles. The molecule has 0 bridgehead atoms. The number of aromatic hydroxyl groups is 1. The first kappa shape index (κ1) is 16.4. The number of phenolic OH excluding ortho intramolecular Hbond substituents is 1. The lowest BCUT2D eigenvalue weighted by molar-refractivity contribution is 0.0993. The molecule has 0 spiro atoms. The van der Waals surface area contributed by atoms with E-state index in [9.17, 15) is 14.7 Å². The van der Waals surface area contributed by atoms with E-state index in [4.69, 9.17) is 4.74 Å². The number of allylic oxidation sites excluding steroid dienone is 2. The summed E-state index contributed by atoms with van der Waals surface area (Å²) in [4.78, 5) is 25.0. The Kier molecular flexibility index (Phi) is 4.28. The second-order valence-electron chi connectivity index (χ2n) is 5.23. The maximum absolute atomic E-state index is 12.7. The minimum atomic E-state index is -0.209. The van der Waals surface area contributed by atoms with E-state index >= 15 is 0 Å². The van der Waals surface area contributed by atoms with Crippen LogP contribution in [-0.2, 0) is 0 Å². The van der Waals surface area contributed by atoms with E-state index in [-0.39, 0.29) is 17.3 Å². The molecule has 2 aromatic carbocycles. The van der Waals surface area contributed by atoms with Crippen molar-refractivity contribution in [1.29, 1.82) is 0 Å². The van der Waals surface area contributed by atoms with Crippen LogP contribution in [0, 0.1) is 0 Å². The van der Waals surface area contributed by atoms with Crippen molar-refractivity contribution < 1.29 is 19.4 Å². The second-order valence-corrected chi connectivity index (χ2v) is 6.39. The molecule has 1 aliphatic carbocycles. The van der Waals surface area contributed by atoms with Crippen LogP contribution in [0.2, 0.25) is 0 Å². The number of benzene rings is 2. The topological polar surface area (TPSA) is 63.6 Å². The average molecular weight is 432 g/mol. The predicted octanol–water partition coefficient (Wildman–Crippen LogP) is 4.41. The fraction of sp³-hybridized carbons (Fsp3) is 0.0526. The largest absolute Gasteiger partial charge is 0.508 e. The van der Waals surface area contributed by atoms with Crippen molar-refractivity contribution in [3.05, 3.63) is 63.3 Å². The molecule has 24 heavy (non-hydrogen) atoms. The third-order valence-electron chi connectivity index (χ3n) is 3.88. The number of hydrogen-bond donors (Lipinski definition) is 1. The number of carbonyl (C=O) groups is 2. The summed E-state index contributed by atoms with van der Waals surface area (Å²) in [6.07, 6.45) is 2.97. The molecule has 1 N–H and O–H groups in total. The number of rotatable bonds is 3. The summed E-state index contributed by atoms with van der Waals surface area (Å²) in [5, 5.41) is 9.69. The Labute approximate surface area is 152 Å². The summed E-state index contributed by atoms with van der Waals surface area (Å²) in [6, 6.07) is 8.05. The van der Waals surface area contributed by atoms with Crippen molar-refractivity contribution >= 4 is 40.2 Å². The highest BCUT2D eigenvalue weighted by Crippen LogP contribution is 2.41. The monoisotopic (exact) mass is 432 g/mol. The van der Waals surface area contributed by atoms with E-state index in [0.29, 0.717) is 37.1 Å². The van der Waals surface area contributed by atoms with E-state index in [1.807, 2.05) is 22.6 Å². The van der Waals surface area contributed by atoms with E-state index in [1.165, 1.54) is 25.3 Å². The van der Waals surface area contributed by atoms with Gasteiger partial charge in [-0.2, -0.15) is 0 Å². The highest BCUT2D eigenvalue weighted by molar-refractivity contribution is 14.1. The van der Waals surface area contributed by atoms with Crippen LogP contribution >= 0.6 is 22.6 Å². The summed E-state index contributed by atoms with van der Waals surface area (Å²) in [6.45, 7) is 3.80. The van der Waals surface area contributed by atoms with Crippen LogP contribution in [0.25, 0.3) is 17.2 Å². The van der Waals surface area contributed by atoms with Gasteiger partial charge in [0.2, 0.25) is 5.78 Å². The molecule has 0 amide bonds. The molecule has 3 rings (SSSR count). The van der Waals surface area contributed by atoms with Crippen LogP contribution in [0.15, 0.2) is 46.6 Å². The van der Waals surface area contributed by atoms with Crippen molar-refractivity contribution in [1.82, 2.24) is 0 Å². The fourth-order valence-corrected chi connectivity index (χ4v) is 3.34. The van der Waals surface area contributed by atoms with Crippen molar-refractivity contribution in [3.8, 4) is 22.6 Å². The van der Waals surface area contributed by atoms with E-state index in [0.717, 1.165) is 0 Å². The Morgan fingerprint density at radius 2 is 1.83 bits per heavy atom. The minimum Gasteiger partial charge on any atom is -0.508 e. The number of phenols is 1. The smallest absolute Gasteiger partial charge is 0.200 e. The summed E-state index contributed by atoms with van der Waals surface area (Å²) >= 11 is 1.87. The van der Waals surface area contributed by atoms with Gasteiger partial charge in [0, 0.05) is 34.4 Å². The van der Waals surface area contributed by atoms with Crippen molar-refractivity contribution in [3.63, 3.8) is 0 Å². The molecular weight excluding hydrogens is 419 g/mol. The Bertz CT molecular complexity index is 925. The lowest BCUT2D eigenvalue weighted by atomic mass is 9.84. The third kappa shape index (κ3) is 2.54. The number of ketones is 2. The number of hydrogen-bond acceptors (Lipinski definition) is 4. The summed E-state index contributed by atoms with van der Waals surface area (Å²) in [7, 11) is 1.48. The van der Waals surface area contributed by atoms with E-state index in [1.54, 1.807) is 24.3 Å². The van der Waals surface area contributed by atoms with Crippen molar-refractivity contribution in [2.75, 3.05) is 7.11 Å². The van der Waals surface area contributed by atoms with Gasteiger partial charge in [-0.05, 0) is 46.4 Å². The van der Waals surface area contributed by atoms with Crippen LogP contribution in [0.5, 0.6) is 11.5 Å². The van der Waals surface area contributed by atoms with Gasteiger partial charge in [-0.1, -0.05) is 18.7 Å². The molecular formula is C19H13IO4. The molecule has 0 saturated carbocycles. The number of fused-ring (bicyclic) bond motifs is 1. The molecule has 1 aliphatic rings. The molecule has 0 radical (unpaired) electrons. The van der Waals surface area contributed by atoms with Gasteiger partial charge in [0.25, 0.3) is 0 Å². The summed E-state index contributed by atoms with van der Waals surface area (Å²) in [5.41, 5.74) is 2.61. The highest BCUT2D eigenvalue weighted by atomic mass is 127. The maximum atomic E-state index is 12.7. The quantitative estimate of drug-likeness (QED) is 0.731. The van der Waals surface area contributed by atoms with Gasteiger partial charge in [-0.25, -0.2) is 0 Å². The molecule has 0 aliphatic heterocycles. The molecule has 0 fully saturated rings. The zero-order chi connectivity index (χ0) is 17.4. The highest BCUT2D eigenvalue weighted by Gasteiger charge is 2.29. The lowest BCUT2D eigenvalue weighted by Crippen LogP contribution is -2.16. The first-order valence-corrected chi connectivity index (χ1v) is 8.18. The first-order chi connectivity index (χ1) is 11.5. The zero-order valence-corrected chi connectivity index (χ0v) is 15.0. The van der Waals surface area contributed by atoms with Crippen LogP contribution in [0.1, 0.15) is 26.3 Å². The van der Waals surface area contributed by atoms with Crippen LogP contribution in [0.4, 0.5) is 0 Å². The first-order valence-electron chi connectivity index (χ1n) is 7.11. The second kappa shape index (κ2) is 6.24. The molecule has 4 nitrogen and oxygen atoms in total. The van der Waals surface area contributed by atoms with Crippen molar-refractivity contribution in [2.24, 2.45) is 0 Å². The number of halogens is 1. The maximum Gasteiger partial charge on any atom is 0.200 e. The van der Waals surface area contributed by atoms with Crippen molar-refractivity contribution in [2.45, 2.75) is 0 Å². The minimum absolute atomic E-state index is 0.0532. The molecule has 5 heteroatoms. The van der Waals surface area contributed by atoms with Crippen LogP contribution < -0.4 is 4.74 Å². The average Bonchev–Trinajstić information content (AvgIpc) is 2.58. The van der Waals surface area contributed by atoms with Gasteiger partial charge in [0.15, 0.2) is 5.78 Å². The number of methoxy groups -OCH3 is 1. The Balaban J connectivity index is 2.42. The van der Waals surface area contributed by atoms with Gasteiger partial charge in [0.1, 0.15) is 11.5 Å². The Morgan fingerprint density at radius 1 is 1.12 bits per heavy atom. The molecule has 2 aromatic rings. The molecule has 120 valence electrons. The molecule has 0 unspecified atom stereocenters. The predicted molar refractivity (Wildman–Crippen MR) is 101 cm³/mol. The summed E-state index contributed by atoms with van der Waals surface area (Å²) in [5.74, 6) is 0.0522. The van der Waals surface area contributed by atoms with Gasteiger partial charge in [0.05, 0.1) is 10.7 Å². The molecule has 0 aromatic heterocycles. The standard InChI is InChI=1S/C19H13IO4/c1-3-10-4-6-12-15(22)9-14(20)19(23)18(12)17(10)13-7-5-11(21)8-16(13)24-2/h3-9,21H,1H2,2H3. The molecule has 0 atom stereocenters. The van der Waals surface area contributed by atoms with Crippen LogP contribution in [0.3, 0.4) is 0 Å². The normalized spacial score (nSPS) is 13.3. The zero-order valence-electron chi connectivity index (χ0n) is 12.8. The number of Topliss-reactive ketones (excluding diaryl/α,β-unsaturated/α-hetero) is 1. The van der Waals surface area contributed by atoms with Gasteiger partial charge < -0.3 is 9.84 Å². The lowest BCUT2D eigenvalue weighted by Gasteiger charge is -2.20. The Morgan fingerprint density at radius 3 is 2.50 bits per heavy atom. The fourth-order valence-electron chi connectivity index (χ4n) is 2.78. The van der Waals surface area contributed by atoms with Gasteiger partial charge in [-0.3, -0.25) is 9.59 Å². The van der Waals surface area contributed by atoms with E-state index in [2.05, 4.69) is 6.58 Å². The number of carbonyl (C=O) groups excluding carboxylic acids is 2. The van der Waals surface area contributed by atoms with E-state index < -0.39 is 0 Å². The third-order valence-corrected chi connectivity index (χ3v) is 4.68. The number of ether oxygens (including phenoxy) is 1. The van der Waals surface area contributed by atoms with Gasteiger partial charge in [-0.15, -0.1) is 0 Å². The van der Waals surface area contributed by atoms with Crippen LogP contribution in [-0.4, -0.2) is 23.8 Å². The van der Waals surface area contributed by atoms with Gasteiger partial charge >= 0.3 is 0 Å².